The minimum absolute atomic E-state index is 0.0370. The first-order chi connectivity index (χ1) is 19.0. The number of hydrogen-bond acceptors (Lipinski definition) is 4. The van der Waals surface area contributed by atoms with E-state index in [1.165, 1.54) is 5.56 Å². The van der Waals surface area contributed by atoms with Gasteiger partial charge in [0.25, 0.3) is 0 Å². The van der Waals surface area contributed by atoms with E-state index in [4.69, 9.17) is 28.2 Å². The topological polar surface area (TPSA) is 44.6 Å². The van der Waals surface area contributed by atoms with Gasteiger partial charge in [0.05, 0.1) is 23.5 Å². The van der Waals surface area contributed by atoms with Crippen LogP contribution in [0.15, 0.2) is 72.8 Å². The fraction of sp³-hybridized carbons (Fsp3) is 0.355. The van der Waals surface area contributed by atoms with Crippen molar-refractivity contribution in [2.45, 2.75) is 25.9 Å². The summed E-state index contributed by atoms with van der Waals surface area (Å²) in [7, 11) is 0. The van der Waals surface area contributed by atoms with Crippen molar-refractivity contribution in [2.75, 3.05) is 44.2 Å². The molecule has 1 atom stereocenters. The zero-order chi connectivity index (χ0) is 26.8. The predicted octanol–water partition coefficient (Wildman–Crippen LogP) is 5.95. The number of aromatic nitrogens is 2. The van der Waals surface area contributed by atoms with E-state index in [0.717, 1.165) is 97.8 Å². The molecule has 1 aromatic heterocycles. The van der Waals surface area contributed by atoms with Crippen LogP contribution in [0.1, 0.15) is 24.2 Å². The van der Waals surface area contributed by atoms with Gasteiger partial charge < -0.3 is 14.4 Å². The number of likely N-dealkylation sites (tertiary alicyclic amines) is 1. The minimum Gasteiger partial charge on any atom is -0.368 e. The van der Waals surface area contributed by atoms with Crippen LogP contribution in [0.5, 0.6) is 0 Å². The fourth-order valence-corrected chi connectivity index (χ4v) is 6.14. The molecule has 0 saturated carbocycles. The van der Waals surface area contributed by atoms with Gasteiger partial charge in [-0.15, -0.1) is 0 Å². The number of fused-ring (bicyclic) bond motifs is 1. The van der Waals surface area contributed by atoms with Gasteiger partial charge in [0, 0.05) is 55.0 Å². The van der Waals surface area contributed by atoms with Crippen LogP contribution in [0.3, 0.4) is 0 Å². The molecule has 0 radical (unpaired) electrons. The number of carbonyl (C=O) groups excluding carboxylic acids is 1. The molecule has 0 unspecified atom stereocenters. The van der Waals surface area contributed by atoms with E-state index in [0.29, 0.717) is 5.91 Å². The van der Waals surface area contributed by atoms with Gasteiger partial charge in [-0.2, -0.15) is 0 Å². The van der Waals surface area contributed by atoms with Crippen molar-refractivity contribution < 1.29 is 4.79 Å². The first-order valence-electron chi connectivity index (χ1n) is 13.7. The Morgan fingerprint density at radius 1 is 0.821 bits per heavy atom. The third kappa shape index (κ3) is 5.93. The van der Waals surface area contributed by atoms with Crippen molar-refractivity contribution in [2.24, 2.45) is 5.92 Å². The standard InChI is InChI=1S/C31H33Cl2N5O/c32-25-9-7-23(8-10-25)20-38-29-6-2-1-5-28(29)34-30(38)22-35-15-3-4-24(21-35)31(39)37-18-16-36(17-19-37)27-13-11-26(33)12-14-27/h1-2,5-14,24H,3-4,15-22H2/t24-/m0/s1. The number of para-hydroxylation sites is 2. The second kappa shape index (κ2) is 11.6. The third-order valence-corrected chi connectivity index (χ3v) is 8.49. The second-order valence-electron chi connectivity index (χ2n) is 10.6. The Morgan fingerprint density at radius 3 is 2.26 bits per heavy atom. The average Bonchev–Trinajstić information content (AvgIpc) is 3.31. The van der Waals surface area contributed by atoms with Crippen molar-refractivity contribution in [1.82, 2.24) is 19.4 Å². The molecule has 8 heteroatoms. The van der Waals surface area contributed by atoms with Crippen molar-refractivity contribution >= 4 is 45.8 Å². The lowest BCUT2D eigenvalue weighted by Gasteiger charge is -2.39. The van der Waals surface area contributed by atoms with Crippen LogP contribution < -0.4 is 4.90 Å². The SMILES string of the molecule is O=C([C@H]1CCCN(Cc2nc3ccccc3n2Cc2ccc(Cl)cc2)C1)N1CCN(c2ccc(Cl)cc2)CC1. The zero-order valence-corrected chi connectivity index (χ0v) is 23.5. The molecule has 2 fully saturated rings. The van der Waals surface area contributed by atoms with Gasteiger partial charge in [-0.05, 0) is 73.5 Å². The number of amides is 1. The highest BCUT2D eigenvalue weighted by molar-refractivity contribution is 6.30. The fourth-order valence-electron chi connectivity index (χ4n) is 5.89. The molecule has 6 nitrogen and oxygen atoms in total. The van der Waals surface area contributed by atoms with Gasteiger partial charge in [-0.3, -0.25) is 9.69 Å². The lowest BCUT2D eigenvalue weighted by atomic mass is 9.96. The normalized spacial score (nSPS) is 18.6. The van der Waals surface area contributed by atoms with Crippen LogP contribution in [0.2, 0.25) is 10.0 Å². The first kappa shape index (κ1) is 26.2. The summed E-state index contributed by atoms with van der Waals surface area (Å²) in [4.78, 5) is 25.4. The Morgan fingerprint density at radius 2 is 1.51 bits per heavy atom. The molecule has 0 spiro atoms. The molecule has 2 aliphatic rings. The smallest absolute Gasteiger partial charge is 0.227 e. The van der Waals surface area contributed by atoms with Gasteiger partial charge in [0.15, 0.2) is 0 Å². The van der Waals surface area contributed by atoms with Crippen molar-refractivity contribution in [3.05, 3.63) is 94.2 Å². The predicted molar refractivity (Wildman–Crippen MR) is 159 cm³/mol. The Hall–Kier alpha value is -3.06. The number of halogens is 2. The molecular weight excluding hydrogens is 529 g/mol. The highest BCUT2D eigenvalue weighted by Crippen LogP contribution is 2.25. The van der Waals surface area contributed by atoms with E-state index in [9.17, 15) is 4.79 Å². The molecule has 3 heterocycles. The summed E-state index contributed by atoms with van der Waals surface area (Å²) >= 11 is 12.2. The maximum absolute atomic E-state index is 13.5. The number of hydrogen-bond donors (Lipinski definition) is 0. The monoisotopic (exact) mass is 561 g/mol. The Labute approximate surface area is 239 Å². The molecule has 3 aromatic carbocycles. The third-order valence-electron chi connectivity index (χ3n) is 7.99. The Kier molecular flexibility index (Phi) is 7.78. The maximum Gasteiger partial charge on any atom is 0.227 e. The van der Waals surface area contributed by atoms with Crippen LogP contribution in [-0.4, -0.2) is 64.5 Å². The molecule has 4 aromatic rings. The molecule has 0 bridgehead atoms. The molecule has 6 rings (SSSR count). The summed E-state index contributed by atoms with van der Waals surface area (Å²) in [5, 5.41) is 1.49. The number of rotatable bonds is 6. The number of piperazine rings is 1. The van der Waals surface area contributed by atoms with Crippen LogP contribution in [-0.2, 0) is 17.9 Å². The summed E-state index contributed by atoms with van der Waals surface area (Å²) in [6.45, 7) is 6.44. The van der Waals surface area contributed by atoms with Crippen molar-refractivity contribution in [3.63, 3.8) is 0 Å². The van der Waals surface area contributed by atoms with E-state index in [-0.39, 0.29) is 5.92 Å². The average molecular weight is 563 g/mol. The van der Waals surface area contributed by atoms with E-state index in [1.54, 1.807) is 0 Å². The van der Waals surface area contributed by atoms with Gasteiger partial charge in [0.1, 0.15) is 5.82 Å². The lowest BCUT2D eigenvalue weighted by molar-refractivity contribution is -0.137. The van der Waals surface area contributed by atoms with Crippen molar-refractivity contribution in [1.29, 1.82) is 0 Å². The van der Waals surface area contributed by atoms with E-state index in [1.807, 2.05) is 30.3 Å². The first-order valence-corrected chi connectivity index (χ1v) is 14.5. The van der Waals surface area contributed by atoms with Crippen LogP contribution in [0.4, 0.5) is 5.69 Å². The largest absolute Gasteiger partial charge is 0.368 e. The molecule has 0 N–H and O–H groups in total. The quantitative estimate of drug-likeness (QED) is 0.291. The van der Waals surface area contributed by atoms with Crippen molar-refractivity contribution in [3.8, 4) is 0 Å². The highest BCUT2D eigenvalue weighted by atomic mass is 35.5. The summed E-state index contributed by atoms with van der Waals surface area (Å²) < 4.78 is 2.31. The van der Waals surface area contributed by atoms with E-state index < -0.39 is 0 Å². The number of nitrogens with zero attached hydrogens (tertiary/aromatic N) is 5. The van der Waals surface area contributed by atoms with Crippen LogP contribution in [0, 0.1) is 5.92 Å². The van der Waals surface area contributed by atoms with Gasteiger partial charge >= 0.3 is 0 Å². The zero-order valence-electron chi connectivity index (χ0n) is 22.0. The Balaban J connectivity index is 1.12. The van der Waals surface area contributed by atoms with Crippen LogP contribution >= 0.6 is 23.2 Å². The van der Waals surface area contributed by atoms with E-state index in [2.05, 4.69) is 61.7 Å². The summed E-state index contributed by atoms with van der Waals surface area (Å²) in [6, 6.07) is 24.3. The molecule has 1 amide bonds. The highest BCUT2D eigenvalue weighted by Gasteiger charge is 2.31. The molecule has 2 saturated heterocycles. The van der Waals surface area contributed by atoms with Gasteiger partial charge in [-0.25, -0.2) is 4.98 Å². The number of carbonyl (C=O) groups is 1. The summed E-state index contributed by atoms with van der Waals surface area (Å²) in [5.41, 5.74) is 4.49. The molecule has 39 heavy (non-hydrogen) atoms. The number of imidazole rings is 1. The lowest BCUT2D eigenvalue weighted by Crippen LogP contribution is -2.52. The minimum atomic E-state index is 0.0370. The summed E-state index contributed by atoms with van der Waals surface area (Å²) in [6.07, 6.45) is 1.98. The second-order valence-corrected chi connectivity index (χ2v) is 11.5. The Bertz CT molecular complexity index is 1430. The number of piperidine rings is 1. The van der Waals surface area contributed by atoms with Crippen LogP contribution in [0.25, 0.3) is 11.0 Å². The van der Waals surface area contributed by atoms with Gasteiger partial charge in [0.2, 0.25) is 5.91 Å². The molecule has 0 aliphatic carbocycles. The number of anilines is 1. The molecule has 202 valence electrons. The molecule has 2 aliphatic heterocycles. The maximum atomic E-state index is 13.5. The number of benzene rings is 3. The molecular formula is C31H33Cl2N5O. The van der Waals surface area contributed by atoms with Gasteiger partial charge in [-0.1, -0.05) is 47.5 Å². The summed E-state index contributed by atoms with van der Waals surface area (Å²) in [5.74, 6) is 1.37. The van der Waals surface area contributed by atoms with E-state index >= 15 is 0 Å².